The topological polar surface area (TPSA) is 62.5 Å². The van der Waals surface area contributed by atoms with Crippen molar-refractivity contribution >= 4 is 17.2 Å². The lowest BCUT2D eigenvalue weighted by molar-refractivity contribution is 0.636. The van der Waals surface area contributed by atoms with Crippen molar-refractivity contribution in [1.29, 1.82) is 0 Å². The van der Waals surface area contributed by atoms with E-state index in [-0.39, 0.29) is 0 Å². The molecule has 4 heterocycles. The van der Waals surface area contributed by atoms with Crippen molar-refractivity contribution in [2.75, 3.05) is 36.0 Å². The maximum absolute atomic E-state index is 4.94. The third kappa shape index (κ3) is 2.91. The molecule has 0 aromatic carbocycles. The Morgan fingerprint density at radius 2 is 1.63 bits per heavy atom. The van der Waals surface area contributed by atoms with Crippen LogP contribution in [0, 0.1) is 20.8 Å². The van der Waals surface area contributed by atoms with Crippen LogP contribution in [0.1, 0.15) is 41.5 Å². The number of aryl methyl sites for hydroxylation is 2. The summed E-state index contributed by atoms with van der Waals surface area (Å²) in [6.45, 7) is 10.0. The molecule has 0 unspecified atom stereocenters. The molecular formula is C20H25N7. The fraction of sp³-hybridized carbons (Fsp3) is 0.500. The normalized spacial score (nSPS) is 17.7. The molecule has 3 aromatic rings. The van der Waals surface area contributed by atoms with Crippen LogP contribution in [-0.4, -0.2) is 50.7 Å². The van der Waals surface area contributed by atoms with E-state index in [0.717, 1.165) is 60.5 Å². The molecule has 1 aliphatic heterocycles. The maximum atomic E-state index is 4.94. The van der Waals surface area contributed by atoms with Gasteiger partial charge in [0.1, 0.15) is 17.2 Å². The average molecular weight is 363 g/mol. The highest BCUT2D eigenvalue weighted by Gasteiger charge is 2.29. The van der Waals surface area contributed by atoms with Gasteiger partial charge in [-0.25, -0.2) is 19.5 Å². The number of hydrogen-bond donors (Lipinski definition) is 0. The molecule has 1 saturated carbocycles. The minimum absolute atomic E-state index is 0.580. The summed E-state index contributed by atoms with van der Waals surface area (Å²) in [5.74, 6) is 3.76. The molecule has 5 rings (SSSR count). The van der Waals surface area contributed by atoms with Crippen molar-refractivity contribution in [2.45, 2.75) is 39.5 Å². The van der Waals surface area contributed by atoms with Gasteiger partial charge in [-0.05, 0) is 39.7 Å². The Hall–Kier alpha value is -2.70. The quantitative estimate of drug-likeness (QED) is 0.713. The molecule has 1 aliphatic carbocycles. The lowest BCUT2D eigenvalue weighted by Gasteiger charge is -2.37. The molecule has 27 heavy (non-hydrogen) atoms. The van der Waals surface area contributed by atoms with E-state index in [1.165, 1.54) is 18.4 Å². The predicted molar refractivity (Wildman–Crippen MR) is 106 cm³/mol. The van der Waals surface area contributed by atoms with E-state index in [0.29, 0.717) is 5.92 Å². The first kappa shape index (κ1) is 16.5. The Morgan fingerprint density at radius 3 is 2.33 bits per heavy atom. The van der Waals surface area contributed by atoms with E-state index in [9.17, 15) is 0 Å². The van der Waals surface area contributed by atoms with Gasteiger partial charge in [-0.1, -0.05) is 0 Å². The van der Waals surface area contributed by atoms with E-state index >= 15 is 0 Å². The zero-order chi connectivity index (χ0) is 18.5. The van der Waals surface area contributed by atoms with E-state index in [1.807, 2.05) is 23.8 Å². The molecule has 7 nitrogen and oxygen atoms in total. The Balaban J connectivity index is 1.39. The van der Waals surface area contributed by atoms with Gasteiger partial charge in [-0.3, -0.25) is 0 Å². The zero-order valence-electron chi connectivity index (χ0n) is 16.2. The third-order valence-corrected chi connectivity index (χ3v) is 5.69. The minimum atomic E-state index is 0.580. The summed E-state index contributed by atoms with van der Waals surface area (Å²) in [6, 6.07) is 2.11. The number of piperazine rings is 1. The van der Waals surface area contributed by atoms with Crippen LogP contribution in [0.4, 0.5) is 11.6 Å². The highest BCUT2D eigenvalue weighted by Crippen LogP contribution is 2.39. The molecule has 1 saturated heterocycles. The largest absolute Gasteiger partial charge is 0.353 e. The number of hydrogen-bond acceptors (Lipinski definition) is 6. The van der Waals surface area contributed by atoms with Gasteiger partial charge in [0.25, 0.3) is 0 Å². The highest BCUT2D eigenvalue weighted by atomic mass is 15.3. The maximum Gasteiger partial charge on any atom is 0.154 e. The van der Waals surface area contributed by atoms with Gasteiger partial charge in [-0.15, -0.1) is 0 Å². The van der Waals surface area contributed by atoms with Gasteiger partial charge in [0.2, 0.25) is 0 Å². The molecule has 0 radical (unpaired) electrons. The third-order valence-electron chi connectivity index (χ3n) is 5.69. The van der Waals surface area contributed by atoms with Crippen molar-refractivity contribution in [3.63, 3.8) is 0 Å². The molecule has 2 fully saturated rings. The lowest BCUT2D eigenvalue weighted by Crippen LogP contribution is -2.47. The molecule has 0 spiro atoms. The molecule has 2 aliphatic rings. The van der Waals surface area contributed by atoms with Crippen molar-refractivity contribution in [1.82, 2.24) is 24.6 Å². The van der Waals surface area contributed by atoms with E-state index in [2.05, 4.69) is 39.8 Å². The van der Waals surface area contributed by atoms with Crippen molar-refractivity contribution in [3.05, 3.63) is 41.2 Å². The molecule has 0 bridgehead atoms. The molecular weight excluding hydrogens is 338 g/mol. The Morgan fingerprint density at radius 1 is 0.926 bits per heavy atom. The molecule has 0 N–H and O–H groups in total. The van der Waals surface area contributed by atoms with Crippen LogP contribution in [0.5, 0.6) is 0 Å². The smallest absolute Gasteiger partial charge is 0.154 e. The Kier molecular flexibility index (Phi) is 3.77. The van der Waals surface area contributed by atoms with Crippen LogP contribution in [0.3, 0.4) is 0 Å². The van der Waals surface area contributed by atoms with Crippen LogP contribution >= 0.6 is 0 Å². The van der Waals surface area contributed by atoms with Gasteiger partial charge in [-0.2, -0.15) is 5.10 Å². The fourth-order valence-corrected chi connectivity index (χ4v) is 3.87. The van der Waals surface area contributed by atoms with E-state index < -0.39 is 0 Å². The Bertz CT molecular complexity index is 997. The van der Waals surface area contributed by atoms with Crippen LogP contribution in [0.2, 0.25) is 0 Å². The van der Waals surface area contributed by atoms with Crippen molar-refractivity contribution in [3.8, 4) is 0 Å². The second-order valence-corrected chi connectivity index (χ2v) is 7.73. The summed E-state index contributed by atoms with van der Waals surface area (Å²) in [7, 11) is 0. The van der Waals surface area contributed by atoms with Crippen LogP contribution < -0.4 is 9.80 Å². The van der Waals surface area contributed by atoms with Gasteiger partial charge in [0.05, 0.1) is 5.69 Å². The standard InChI is InChI=1S/C20H25N7/c1-13-12-17-20(21-6-7-27(17)24-13)26-10-8-25(9-11-26)19-14(2)15(3)22-18(23-19)16-4-5-16/h6-7,12,16H,4-5,8-11H2,1-3H3. The number of nitrogens with zero attached hydrogens (tertiary/aromatic N) is 7. The lowest BCUT2D eigenvalue weighted by atomic mass is 10.2. The predicted octanol–water partition coefficient (Wildman–Crippen LogP) is 2.65. The summed E-state index contributed by atoms with van der Waals surface area (Å²) in [6.07, 6.45) is 6.21. The summed E-state index contributed by atoms with van der Waals surface area (Å²) >= 11 is 0. The molecule has 7 heteroatoms. The second-order valence-electron chi connectivity index (χ2n) is 7.73. The van der Waals surface area contributed by atoms with Gasteiger partial charge in [0.15, 0.2) is 5.82 Å². The first-order valence-electron chi connectivity index (χ1n) is 9.76. The van der Waals surface area contributed by atoms with Crippen LogP contribution in [-0.2, 0) is 0 Å². The van der Waals surface area contributed by atoms with Crippen molar-refractivity contribution < 1.29 is 0 Å². The van der Waals surface area contributed by atoms with Crippen LogP contribution in [0.25, 0.3) is 5.52 Å². The van der Waals surface area contributed by atoms with E-state index in [4.69, 9.17) is 9.97 Å². The number of anilines is 2. The molecule has 140 valence electrons. The highest BCUT2D eigenvalue weighted by molar-refractivity contribution is 5.69. The Labute approximate surface area is 159 Å². The summed E-state index contributed by atoms with van der Waals surface area (Å²) in [5, 5.41) is 4.51. The number of fused-ring (bicyclic) bond motifs is 1. The first-order chi connectivity index (χ1) is 13.1. The monoisotopic (exact) mass is 363 g/mol. The van der Waals surface area contributed by atoms with E-state index in [1.54, 1.807) is 0 Å². The molecule has 0 atom stereocenters. The van der Waals surface area contributed by atoms with Gasteiger partial charge in [0, 0.05) is 55.7 Å². The summed E-state index contributed by atoms with van der Waals surface area (Å²) < 4.78 is 1.92. The minimum Gasteiger partial charge on any atom is -0.353 e. The average Bonchev–Trinajstić information content (AvgIpc) is 3.44. The SMILES string of the molecule is Cc1cc2c(N3CCN(c4nc(C5CC5)nc(C)c4C)CC3)nccn2n1. The summed E-state index contributed by atoms with van der Waals surface area (Å²) in [5.41, 5.74) is 4.42. The number of aromatic nitrogens is 5. The van der Waals surface area contributed by atoms with Crippen LogP contribution in [0.15, 0.2) is 18.5 Å². The zero-order valence-corrected chi connectivity index (χ0v) is 16.2. The summed E-state index contributed by atoms with van der Waals surface area (Å²) in [4.78, 5) is 19.1. The molecule has 0 amide bonds. The first-order valence-corrected chi connectivity index (χ1v) is 9.76. The number of rotatable bonds is 3. The fourth-order valence-electron chi connectivity index (χ4n) is 3.87. The van der Waals surface area contributed by atoms with Crippen molar-refractivity contribution in [2.24, 2.45) is 0 Å². The van der Waals surface area contributed by atoms with Gasteiger partial charge >= 0.3 is 0 Å². The second kappa shape index (κ2) is 6.18. The molecule has 3 aromatic heterocycles. The van der Waals surface area contributed by atoms with Gasteiger partial charge < -0.3 is 9.80 Å².